The molecule has 1 N–H and O–H groups in total. The third-order valence-corrected chi connectivity index (χ3v) is 3.40. The number of ketones is 1. The maximum absolute atomic E-state index is 12.1. The van der Waals surface area contributed by atoms with Gasteiger partial charge in [0.25, 0.3) is 5.79 Å². The van der Waals surface area contributed by atoms with E-state index in [1.54, 1.807) is 24.3 Å². The molecule has 0 fully saturated rings. The Balaban J connectivity index is 1.95. The molecule has 0 aliphatic carbocycles. The zero-order chi connectivity index (χ0) is 14.2. The number of aliphatic hydroxyl groups is 1. The van der Waals surface area contributed by atoms with Crippen molar-refractivity contribution in [3.63, 3.8) is 0 Å². The summed E-state index contributed by atoms with van der Waals surface area (Å²) in [7, 11) is 0. The monoisotopic (exact) mass is 286 g/mol. The van der Waals surface area contributed by atoms with Gasteiger partial charge in [0.1, 0.15) is 5.76 Å². The van der Waals surface area contributed by atoms with Crippen LogP contribution >= 0.6 is 11.6 Å². The molecule has 0 saturated carbocycles. The van der Waals surface area contributed by atoms with E-state index in [-0.39, 0.29) is 0 Å². The highest BCUT2D eigenvalue weighted by molar-refractivity contribution is 6.30. The van der Waals surface area contributed by atoms with Gasteiger partial charge in [-0.05, 0) is 12.1 Å². The van der Waals surface area contributed by atoms with Crippen LogP contribution in [0.3, 0.4) is 0 Å². The molecule has 3 nitrogen and oxygen atoms in total. The van der Waals surface area contributed by atoms with Gasteiger partial charge >= 0.3 is 0 Å². The molecular weight excluding hydrogens is 276 g/mol. The minimum absolute atomic E-state index is 0.355. The highest BCUT2D eigenvalue weighted by Crippen LogP contribution is 2.37. The summed E-state index contributed by atoms with van der Waals surface area (Å²) in [6.45, 7) is 0. The van der Waals surface area contributed by atoms with Crippen molar-refractivity contribution in [1.29, 1.82) is 0 Å². The molecule has 0 aromatic heterocycles. The van der Waals surface area contributed by atoms with Crippen LogP contribution < -0.4 is 0 Å². The first kappa shape index (κ1) is 12.9. The molecular formula is C16H11ClO3. The van der Waals surface area contributed by atoms with Gasteiger partial charge in [0.2, 0.25) is 5.78 Å². The van der Waals surface area contributed by atoms with Crippen LogP contribution in [0.2, 0.25) is 5.02 Å². The summed E-state index contributed by atoms with van der Waals surface area (Å²) in [6, 6.07) is 15.5. The second-order valence-corrected chi connectivity index (χ2v) is 4.93. The van der Waals surface area contributed by atoms with Crippen molar-refractivity contribution in [1.82, 2.24) is 0 Å². The Morgan fingerprint density at radius 3 is 2.30 bits per heavy atom. The van der Waals surface area contributed by atoms with Crippen LogP contribution in [-0.4, -0.2) is 10.9 Å². The van der Waals surface area contributed by atoms with E-state index in [1.165, 1.54) is 6.08 Å². The molecule has 100 valence electrons. The van der Waals surface area contributed by atoms with Gasteiger partial charge in [-0.1, -0.05) is 54.1 Å². The van der Waals surface area contributed by atoms with Crippen molar-refractivity contribution < 1.29 is 14.6 Å². The molecule has 1 atom stereocenters. The van der Waals surface area contributed by atoms with E-state index in [9.17, 15) is 9.90 Å². The fourth-order valence-corrected chi connectivity index (χ4v) is 2.20. The molecule has 0 saturated heterocycles. The Morgan fingerprint density at radius 2 is 1.65 bits per heavy atom. The number of halogens is 1. The topological polar surface area (TPSA) is 46.5 Å². The predicted molar refractivity (Wildman–Crippen MR) is 75.9 cm³/mol. The van der Waals surface area contributed by atoms with E-state index >= 15 is 0 Å². The highest BCUT2D eigenvalue weighted by atomic mass is 35.5. The summed E-state index contributed by atoms with van der Waals surface area (Å²) in [5.41, 5.74) is 1.10. The lowest BCUT2D eigenvalue weighted by Crippen LogP contribution is -2.32. The van der Waals surface area contributed by atoms with Crippen molar-refractivity contribution >= 4 is 23.1 Å². The Bertz CT molecular complexity index is 677. The van der Waals surface area contributed by atoms with E-state index in [2.05, 4.69) is 0 Å². The molecule has 1 aliphatic heterocycles. The van der Waals surface area contributed by atoms with Gasteiger partial charge in [-0.2, -0.15) is 0 Å². The molecule has 1 heterocycles. The van der Waals surface area contributed by atoms with Gasteiger partial charge in [-0.15, -0.1) is 0 Å². The number of ether oxygens (including phenoxy) is 1. The smallest absolute Gasteiger partial charge is 0.299 e. The fraction of sp³-hybridized carbons (Fsp3) is 0.0625. The van der Waals surface area contributed by atoms with Gasteiger partial charge < -0.3 is 9.84 Å². The molecule has 2 aromatic rings. The molecule has 3 rings (SSSR count). The first-order chi connectivity index (χ1) is 9.59. The quantitative estimate of drug-likeness (QED) is 0.922. The predicted octanol–water partition coefficient (Wildman–Crippen LogP) is 3.13. The zero-order valence-corrected chi connectivity index (χ0v) is 11.2. The van der Waals surface area contributed by atoms with E-state index < -0.39 is 11.6 Å². The van der Waals surface area contributed by atoms with Crippen molar-refractivity contribution in [2.24, 2.45) is 0 Å². The lowest BCUT2D eigenvalue weighted by Gasteiger charge is -2.22. The maximum atomic E-state index is 12.1. The Hall–Kier alpha value is -2.10. The molecule has 4 heteroatoms. The van der Waals surface area contributed by atoms with Gasteiger partial charge in [-0.3, -0.25) is 4.79 Å². The number of carbonyl (C=O) groups excluding carboxylic acids is 1. The average molecular weight is 287 g/mol. The summed E-state index contributed by atoms with van der Waals surface area (Å²) in [5.74, 6) is -2.12. The number of carbonyl (C=O) groups is 1. The Kier molecular flexibility index (Phi) is 3.08. The maximum Gasteiger partial charge on any atom is 0.299 e. The van der Waals surface area contributed by atoms with Crippen LogP contribution in [0.1, 0.15) is 11.1 Å². The largest absolute Gasteiger partial charge is 0.450 e. The van der Waals surface area contributed by atoms with E-state index in [1.807, 2.05) is 30.3 Å². The molecule has 1 unspecified atom stereocenters. The highest BCUT2D eigenvalue weighted by Gasteiger charge is 2.44. The molecule has 0 radical (unpaired) electrons. The Labute approximate surface area is 121 Å². The molecule has 0 amide bonds. The molecule has 0 spiro atoms. The SMILES string of the molecule is O=C1C=C(c2ccccc2)OC1(O)c1ccc(Cl)cc1. The Morgan fingerprint density at radius 1 is 1.00 bits per heavy atom. The summed E-state index contributed by atoms with van der Waals surface area (Å²) < 4.78 is 5.50. The standard InChI is InChI=1S/C16H11ClO3/c17-13-8-6-12(7-9-13)16(19)15(18)10-14(20-16)11-4-2-1-3-5-11/h1-10,19H. The van der Waals surface area contributed by atoms with Crippen molar-refractivity contribution in [3.05, 3.63) is 76.8 Å². The van der Waals surface area contributed by atoms with E-state index in [0.717, 1.165) is 5.56 Å². The van der Waals surface area contributed by atoms with Crippen LogP contribution in [0.15, 0.2) is 60.7 Å². The van der Waals surface area contributed by atoms with Crippen LogP contribution in [-0.2, 0) is 15.3 Å². The number of rotatable bonds is 2. The number of hydrogen-bond acceptors (Lipinski definition) is 3. The van der Waals surface area contributed by atoms with Crippen LogP contribution in [0, 0.1) is 0 Å². The van der Waals surface area contributed by atoms with Crippen LogP contribution in [0.5, 0.6) is 0 Å². The second kappa shape index (κ2) is 4.78. The average Bonchev–Trinajstić information content (AvgIpc) is 2.78. The second-order valence-electron chi connectivity index (χ2n) is 4.49. The summed E-state index contributed by atoms with van der Waals surface area (Å²) in [5, 5.41) is 11.0. The van der Waals surface area contributed by atoms with Crippen molar-refractivity contribution in [2.45, 2.75) is 5.79 Å². The normalized spacial score (nSPS) is 21.5. The van der Waals surface area contributed by atoms with Gasteiger partial charge in [0.05, 0.1) is 0 Å². The third kappa shape index (κ3) is 2.11. The van der Waals surface area contributed by atoms with Gasteiger partial charge in [0, 0.05) is 22.2 Å². The summed E-state index contributed by atoms with van der Waals surface area (Å²) in [4.78, 5) is 12.1. The van der Waals surface area contributed by atoms with Gasteiger partial charge in [-0.25, -0.2) is 0 Å². The number of benzene rings is 2. The number of hydrogen-bond donors (Lipinski definition) is 1. The molecule has 20 heavy (non-hydrogen) atoms. The lowest BCUT2D eigenvalue weighted by atomic mass is 10.0. The fourth-order valence-electron chi connectivity index (χ4n) is 2.08. The van der Waals surface area contributed by atoms with E-state index in [0.29, 0.717) is 16.3 Å². The van der Waals surface area contributed by atoms with Crippen molar-refractivity contribution in [3.8, 4) is 0 Å². The minimum Gasteiger partial charge on any atom is -0.450 e. The molecule has 1 aliphatic rings. The minimum atomic E-state index is -1.98. The molecule has 2 aromatic carbocycles. The summed E-state index contributed by atoms with van der Waals surface area (Å²) in [6.07, 6.45) is 1.31. The zero-order valence-electron chi connectivity index (χ0n) is 10.4. The van der Waals surface area contributed by atoms with Crippen molar-refractivity contribution in [2.75, 3.05) is 0 Å². The van der Waals surface area contributed by atoms with E-state index in [4.69, 9.17) is 16.3 Å². The van der Waals surface area contributed by atoms with Crippen LogP contribution in [0.25, 0.3) is 5.76 Å². The summed E-state index contributed by atoms with van der Waals surface area (Å²) >= 11 is 5.80. The van der Waals surface area contributed by atoms with Crippen LogP contribution in [0.4, 0.5) is 0 Å². The lowest BCUT2D eigenvalue weighted by molar-refractivity contribution is -0.173. The first-order valence-corrected chi connectivity index (χ1v) is 6.46. The first-order valence-electron chi connectivity index (χ1n) is 6.08. The molecule has 0 bridgehead atoms. The third-order valence-electron chi connectivity index (χ3n) is 3.15. The van der Waals surface area contributed by atoms with Gasteiger partial charge in [0.15, 0.2) is 0 Å².